The third-order valence-electron chi connectivity index (χ3n) is 6.13. The first-order chi connectivity index (χ1) is 14.2. The Balaban J connectivity index is 1.63. The van der Waals surface area contributed by atoms with Crippen LogP contribution in [0.2, 0.25) is 0 Å². The molecule has 0 saturated carbocycles. The molecule has 1 aliphatic rings. The Kier molecular flexibility index (Phi) is 4.76. The zero-order valence-corrected chi connectivity index (χ0v) is 17.7. The summed E-state index contributed by atoms with van der Waals surface area (Å²) in [4.78, 5) is 38.9. The van der Waals surface area contributed by atoms with Crippen molar-refractivity contribution in [2.24, 2.45) is 12.8 Å². The molecule has 1 aromatic carbocycles. The molecule has 3 aromatic rings. The highest BCUT2D eigenvalue weighted by Gasteiger charge is 2.27. The zero-order chi connectivity index (χ0) is 21.7. The third kappa shape index (κ3) is 3.10. The molecule has 0 bridgehead atoms. The number of amides is 2. The Bertz CT molecular complexity index is 1270. The summed E-state index contributed by atoms with van der Waals surface area (Å²) in [6.07, 6.45) is 4.03. The van der Waals surface area contributed by atoms with E-state index in [0.717, 1.165) is 38.8 Å². The van der Waals surface area contributed by atoms with E-state index in [2.05, 4.69) is 6.07 Å². The Morgan fingerprint density at radius 3 is 2.63 bits per heavy atom. The van der Waals surface area contributed by atoms with Gasteiger partial charge in [0.25, 0.3) is 11.5 Å². The lowest BCUT2D eigenvalue weighted by molar-refractivity contribution is -0.131. The van der Waals surface area contributed by atoms with Crippen LogP contribution in [0.25, 0.3) is 11.0 Å². The van der Waals surface area contributed by atoms with E-state index in [1.807, 2.05) is 20.8 Å². The lowest BCUT2D eigenvalue weighted by Crippen LogP contribution is -2.40. The predicted molar refractivity (Wildman–Crippen MR) is 113 cm³/mol. The molecule has 0 unspecified atom stereocenters. The summed E-state index contributed by atoms with van der Waals surface area (Å²) >= 11 is 0. The smallest absolute Gasteiger partial charge is 0.263 e. The highest BCUT2D eigenvalue weighted by molar-refractivity contribution is 5.95. The van der Waals surface area contributed by atoms with Crippen molar-refractivity contribution in [2.75, 3.05) is 6.54 Å². The number of aromatic nitrogens is 1. The Morgan fingerprint density at radius 1 is 1.20 bits per heavy atom. The van der Waals surface area contributed by atoms with Crippen LogP contribution in [0.4, 0.5) is 0 Å². The number of nitrogens with two attached hydrogens (primary N) is 1. The van der Waals surface area contributed by atoms with Crippen molar-refractivity contribution >= 4 is 22.8 Å². The van der Waals surface area contributed by atoms with Gasteiger partial charge in [0.2, 0.25) is 5.91 Å². The highest BCUT2D eigenvalue weighted by Crippen LogP contribution is 2.31. The minimum Gasteiger partial charge on any atom is -0.464 e. The van der Waals surface area contributed by atoms with Crippen molar-refractivity contribution in [2.45, 2.75) is 40.2 Å². The summed E-state index contributed by atoms with van der Waals surface area (Å²) < 4.78 is 7.15. The third-order valence-corrected chi connectivity index (χ3v) is 6.13. The topological polar surface area (TPSA) is 98.5 Å². The Hall–Kier alpha value is -3.35. The van der Waals surface area contributed by atoms with Crippen LogP contribution in [0.15, 0.2) is 27.7 Å². The second-order valence-electron chi connectivity index (χ2n) is 8.13. The lowest BCUT2D eigenvalue weighted by atomic mass is 9.95. The molecule has 0 radical (unpaired) electrons. The molecule has 156 valence electrons. The fourth-order valence-electron chi connectivity index (χ4n) is 4.45. The Morgan fingerprint density at radius 2 is 1.93 bits per heavy atom. The maximum absolute atomic E-state index is 13.1. The van der Waals surface area contributed by atoms with Gasteiger partial charge in [-0.05, 0) is 55.0 Å². The number of aryl methyl sites for hydroxylation is 4. The first kappa shape index (κ1) is 19.9. The van der Waals surface area contributed by atoms with Gasteiger partial charge in [-0.25, -0.2) is 0 Å². The van der Waals surface area contributed by atoms with Crippen LogP contribution >= 0.6 is 0 Å². The zero-order valence-electron chi connectivity index (χ0n) is 17.7. The molecule has 3 heterocycles. The molecule has 0 fully saturated rings. The average molecular weight is 407 g/mol. The average Bonchev–Trinajstić information content (AvgIpc) is 3.10. The molecule has 0 atom stereocenters. The summed E-state index contributed by atoms with van der Waals surface area (Å²) in [7, 11) is 1.58. The number of fused-ring (bicyclic) bond motifs is 2. The molecular formula is C23H25N3O4. The van der Waals surface area contributed by atoms with Crippen LogP contribution in [0.5, 0.6) is 0 Å². The molecule has 30 heavy (non-hydrogen) atoms. The molecule has 2 amide bonds. The maximum atomic E-state index is 13.1. The molecule has 2 N–H and O–H groups in total. The van der Waals surface area contributed by atoms with E-state index in [1.165, 1.54) is 4.57 Å². The van der Waals surface area contributed by atoms with Gasteiger partial charge in [0.1, 0.15) is 11.1 Å². The highest BCUT2D eigenvalue weighted by atomic mass is 16.3. The molecule has 2 aromatic heterocycles. The van der Waals surface area contributed by atoms with Crippen molar-refractivity contribution in [1.29, 1.82) is 0 Å². The Labute approximate surface area is 174 Å². The van der Waals surface area contributed by atoms with Crippen molar-refractivity contribution in [3.63, 3.8) is 0 Å². The molecule has 0 aliphatic carbocycles. The van der Waals surface area contributed by atoms with E-state index in [4.69, 9.17) is 10.2 Å². The molecule has 0 saturated heterocycles. The molecular weight excluding hydrogens is 382 g/mol. The summed E-state index contributed by atoms with van der Waals surface area (Å²) in [5.74, 6) is -0.742. The number of pyridine rings is 1. The number of hydrogen-bond donors (Lipinski definition) is 1. The second-order valence-corrected chi connectivity index (χ2v) is 8.13. The van der Waals surface area contributed by atoms with Crippen molar-refractivity contribution in [3.8, 4) is 0 Å². The number of primary amides is 1. The van der Waals surface area contributed by atoms with Crippen LogP contribution in [0.1, 0.15) is 43.7 Å². The predicted octanol–water partition coefficient (Wildman–Crippen LogP) is 2.28. The van der Waals surface area contributed by atoms with Gasteiger partial charge in [-0.15, -0.1) is 0 Å². The van der Waals surface area contributed by atoms with Gasteiger partial charge >= 0.3 is 0 Å². The first-order valence-corrected chi connectivity index (χ1v) is 9.94. The maximum Gasteiger partial charge on any atom is 0.263 e. The number of carbonyl (C=O) groups excluding carboxylic acids is 2. The monoisotopic (exact) mass is 407 g/mol. The minimum absolute atomic E-state index is 0.0181. The van der Waals surface area contributed by atoms with Gasteiger partial charge in [-0.2, -0.15) is 0 Å². The van der Waals surface area contributed by atoms with Crippen LogP contribution in [-0.2, 0) is 31.2 Å². The van der Waals surface area contributed by atoms with Crippen LogP contribution < -0.4 is 11.3 Å². The first-order valence-electron chi connectivity index (χ1n) is 9.94. The SMILES string of the molecule is Cc1cc(C)c2c(CC(=O)N3CCc4c(cn(C)c(=O)c4C(N)=O)C3)coc2c1C. The molecule has 4 rings (SSSR count). The number of carbonyl (C=O) groups is 2. The summed E-state index contributed by atoms with van der Waals surface area (Å²) in [6, 6.07) is 2.12. The number of rotatable bonds is 3. The largest absolute Gasteiger partial charge is 0.464 e. The van der Waals surface area contributed by atoms with E-state index < -0.39 is 11.5 Å². The van der Waals surface area contributed by atoms with Crippen molar-refractivity contribution in [1.82, 2.24) is 9.47 Å². The second kappa shape index (κ2) is 7.16. The van der Waals surface area contributed by atoms with Gasteiger partial charge in [-0.1, -0.05) is 6.07 Å². The van der Waals surface area contributed by atoms with Crippen molar-refractivity contribution in [3.05, 3.63) is 67.8 Å². The molecule has 1 aliphatic heterocycles. The molecule has 7 heteroatoms. The number of hydrogen-bond acceptors (Lipinski definition) is 4. The van der Waals surface area contributed by atoms with E-state index in [-0.39, 0.29) is 17.9 Å². The lowest BCUT2D eigenvalue weighted by Gasteiger charge is -2.30. The number of benzene rings is 1. The fourth-order valence-corrected chi connectivity index (χ4v) is 4.45. The molecule has 7 nitrogen and oxygen atoms in total. The number of furan rings is 1. The van der Waals surface area contributed by atoms with E-state index in [9.17, 15) is 14.4 Å². The minimum atomic E-state index is -0.724. The van der Waals surface area contributed by atoms with Crippen LogP contribution in [0.3, 0.4) is 0 Å². The number of nitrogens with zero attached hydrogens (tertiary/aromatic N) is 2. The standard InChI is InChI=1S/C23H25N3O4/c1-12-7-13(2)19-15(11-30-21(19)14(12)3)8-18(27)26-6-5-17-16(10-26)9-25(4)23(29)20(17)22(24)28/h7,9,11H,5-6,8,10H2,1-4H3,(H2,24,28). The normalized spacial score (nSPS) is 13.5. The van der Waals surface area contributed by atoms with Gasteiger partial charge in [0.15, 0.2) is 0 Å². The van der Waals surface area contributed by atoms with Gasteiger partial charge in [-0.3, -0.25) is 14.4 Å². The fraction of sp³-hybridized carbons (Fsp3) is 0.348. The van der Waals surface area contributed by atoms with Crippen LogP contribution in [-0.4, -0.2) is 27.8 Å². The summed E-state index contributed by atoms with van der Waals surface area (Å²) in [5.41, 5.74) is 11.6. The summed E-state index contributed by atoms with van der Waals surface area (Å²) in [5, 5.41) is 1.00. The van der Waals surface area contributed by atoms with E-state index >= 15 is 0 Å². The van der Waals surface area contributed by atoms with E-state index in [0.29, 0.717) is 25.1 Å². The van der Waals surface area contributed by atoms with Gasteiger partial charge < -0.3 is 19.6 Å². The van der Waals surface area contributed by atoms with Crippen molar-refractivity contribution < 1.29 is 14.0 Å². The van der Waals surface area contributed by atoms with Gasteiger partial charge in [0, 0.05) is 37.3 Å². The summed E-state index contributed by atoms with van der Waals surface area (Å²) in [6.45, 7) is 6.88. The van der Waals surface area contributed by atoms with Crippen LogP contribution in [0, 0.1) is 20.8 Å². The quantitative estimate of drug-likeness (QED) is 0.720. The van der Waals surface area contributed by atoms with E-state index in [1.54, 1.807) is 24.4 Å². The molecule has 0 spiro atoms. The van der Waals surface area contributed by atoms with Gasteiger partial charge in [0.05, 0.1) is 12.7 Å².